The van der Waals surface area contributed by atoms with E-state index in [4.69, 9.17) is 5.73 Å². The Hall–Kier alpha value is -2.10. The number of Topliss-reactive ketones (excluding diaryl/α,β-unsaturated/α-hetero) is 1. The number of hydrogen-bond acceptors (Lipinski definition) is 4. The number of hydrogen-bond donors (Lipinski definition) is 1. The van der Waals surface area contributed by atoms with Gasteiger partial charge in [-0.1, -0.05) is 24.3 Å². The summed E-state index contributed by atoms with van der Waals surface area (Å²) in [5, 5.41) is 0. The van der Waals surface area contributed by atoms with Gasteiger partial charge in [-0.2, -0.15) is 0 Å². The van der Waals surface area contributed by atoms with Crippen molar-refractivity contribution in [2.24, 2.45) is 5.73 Å². The van der Waals surface area contributed by atoms with Gasteiger partial charge in [-0.25, -0.2) is 4.79 Å². The zero-order valence-corrected chi connectivity index (χ0v) is 9.19. The maximum absolute atomic E-state index is 11.3. The molecule has 4 heteroatoms. The molecule has 0 atom stereocenters. The minimum absolute atomic E-state index is 0.0313. The Bertz CT molecular complexity index is 449. The van der Waals surface area contributed by atoms with E-state index >= 15 is 0 Å². The van der Waals surface area contributed by atoms with Crippen LogP contribution in [0.4, 0.5) is 0 Å². The molecular formula is C12H13NO3. The van der Waals surface area contributed by atoms with Crippen molar-refractivity contribution in [2.75, 3.05) is 7.11 Å². The number of benzene rings is 1. The molecule has 0 saturated carbocycles. The molecule has 1 aromatic rings. The second-order valence-electron chi connectivity index (χ2n) is 3.23. The summed E-state index contributed by atoms with van der Waals surface area (Å²) in [6, 6.07) is 6.91. The number of carbonyl (C=O) groups is 2. The first-order chi connectivity index (χ1) is 7.56. The van der Waals surface area contributed by atoms with Crippen LogP contribution in [-0.4, -0.2) is 18.9 Å². The second kappa shape index (κ2) is 5.11. The average molecular weight is 219 g/mol. The minimum atomic E-state index is -0.613. The van der Waals surface area contributed by atoms with Crippen molar-refractivity contribution in [3.63, 3.8) is 0 Å². The number of esters is 1. The van der Waals surface area contributed by atoms with E-state index in [1.54, 1.807) is 24.3 Å². The van der Waals surface area contributed by atoms with Crippen molar-refractivity contribution in [2.45, 2.75) is 6.92 Å². The third-order valence-electron chi connectivity index (χ3n) is 2.07. The third kappa shape index (κ3) is 2.70. The highest BCUT2D eigenvalue weighted by Gasteiger charge is 2.08. The van der Waals surface area contributed by atoms with E-state index in [9.17, 15) is 9.59 Å². The molecule has 0 aliphatic rings. The molecule has 84 valence electrons. The van der Waals surface area contributed by atoms with Gasteiger partial charge in [-0.05, 0) is 18.6 Å². The molecule has 0 aliphatic carbocycles. The quantitative estimate of drug-likeness (QED) is 0.473. The molecule has 2 N–H and O–H groups in total. The summed E-state index contributed by atoms with van der Waals surface area (Å²) >= 11 is 0. The van der Waals surface area contributed by atoms with Crippen LogP contribution in [0.25, 0.3) is 6.08 Å². The first kappa shape index (κ1) is 12.0. The summed E-state index contributed by atoms with van der Waals surface area (Å²) in [5.41, 5.74) is 6.60. The van der Waals surface area contributed by atoms with Crippen molar-refractivity contribution in [1.82, 2.24) is 0 Å². The van der Waals surface area contributed by atoms with E-state index in [1.807, 2.05) is 0 Å². The highest BCUT2D eigenvalue weighted by Crippen LogP contribution is 2.12. The summed E-state index contributed by atoms with van der Waals surface area (Å²) in [5.74, 6) is -0.692. The lowest BCUT2D eigenvalue weighted by molar-refractivity contribution is -0.136. The van der Waals surface area contributed by atoms with Crippen molar-refractivity contribution >= 4 is 17.8 Å². The van der Waals surface area contributed by atoms with Gasteiger partial charge < -0.3 is 10.5 Å². The molecular weight excluding hydrogens is 206 g/mol. The fourth-order valence-electron chi connectivity index (χ4n) is 1.29. The Morgan fingerprint density at radius 2 is 1.94 bits per heavy atom. The molecule has 0 unspecified atom stereocenters. The topological polar surface area (TPSA) is 69.4 Å². The van der Waals surface area contributed by atoms with Crippen molar-refractivity contribution in [3.8, 4) is 0 Å². The van der Waals surface area contributed by atoms with Crippen LogP contribution < -0.4 is 5.73 Å². The molecule has 1 rings (SSSR count). The molecule has 1 aromatic carbocycles. The van der Waals surface area contributed by atoms with Crippen LogP contribution in [0.5, 0.6) is 0 Å². The van der Waals surface area contributed by atoms with Gasteiger partial charge >= 0.3 is 5.97 Å². The van der Waals surface area contributed by atoms with Gasteiger partial charge in [0.1, 0.15) is 5.70 Å². The SMILES string of the molecule is COC(=O)C(N)=Cc1ccccc1C(C)=O. The van der Waals surface area contributed by atoms with Gasteiger partial charge in [-0.3, -0.25) is 4.79 Å². The fraction of sp³-hybridized carbons (Fsp3) is 0.167. The third-order valence-corrected chi connectivity index (χ3v) is 2.07. The monoisotopic (exact) mass is 219 g/mol. The van der Waals surface area contributed by atoms with Crippen LogP contribution in [0.3, 0.4) is 0 Å². The van der Waals surface area contributed by atoms with E-state index < -0.39 is 5.97 Å². The number of rotatable bonds is 3. The number of ketones is 1. The van der Waals surface area contributed by atoms with E-state index in [1.165, 1.54) is 20.1 Å². The van der Waals surface area contributed by atoms with Gasteiger partial charge in [0.25, 0.3) is 0 Å². The van der Waals surface area contributed by atoms with Crippen LogP contribution >= 0.6 is 0 Å². The molecule has 16 heavy (non-hydrogen) atoms. The van der Waals surface area contributed by atoms with Crippen LogP contribution in [0, 0.1) is 0 Å². The molecule has 0 spiro atoms. The minimum Gasteiger partial charge on any atom is -0.464 e. The molecule has 0 aromatic heterocycles. The normalized spacial score (nSPS) is 11.0. The number of nitrogens with two attached hydrogens (primary N) is 1. The summed E-state index contributed by atoms with van der Waals surface area (Å²) in [7, 11) is 1.25. The van der Waals surface area contributed by atoms with Crippen molar-refractivity contribution in [3.05, 3.63) is 41.1 Å². The first-order valence-corrected chi connectivity index (χ1v) is 4.71. The van der Waals surface area contributed by atoms with Gasteiger partial charge in [0.15, 0.2) is 5.78 Å². The Labute approximate surface area is 93.7 Å². The second-order valence-corrected chi connectivity index (χ2v) is 3.23. The lowest BCUT2D eigenvalue weighted by Crippen LogP contribution is -2.12. The fourth-order valence-corrected chi connectivity index (χ4v) is 1.29. The Morgan fingerprint density at radius 1 is 1.31 bits per heavy atom. The number of carbonyl (C=O) groups excluding carboxylic acids is 2. The maximum atomic E-state index is 11.3. The van der Waals surface area contributed by atoms with Crippen LogP contribution in [0.2, 0.25) is 0 Å². The standard InChI is InChI=1S/C12H13NO3/c1-8(14)10-6-4-3-5-9(10)7-11(13)12(15)16-2/h3-7H,13H2,1-2H3. The molecule has 0 fully saturated rings. The molecule has 0 radical (unpaired) electrons. The van der Waals surface area contributed by atoms with E-state index in [0.29, 0.717) is 11.1 Å². The smallest absolute Gasteiger partial charge is 0.353 e. The Kier molecular flexibility index (Phi) is 3.83. The highest BCUT2D eigenvalue weighted by molar-refractivity contribution is 6.00. The molecule has 0 bridgehead atoms. The Morgan fingerprint density at radius 3 is 2.50 bits per heavy atom. The predicted octanol–water partition coefficient (Wildman–Crippen LogP) is 1.36. The van der Waals surface area contributed by atoms with E-state index in [2.05, 4.69) is 4.74 Å². The van der Waals surface area contributed by atoms with Crippen molar-refractivity contribution < 1.29 is 14.3 Å². The lowest BCUT2D eigenvalue weighted by Gasteiger charge is -2.03. The number of methoxy groups -OCH3 is 1. The van der Waals surface area contributed by atoms with Crippen molar-refractivity contribution in [1.29, 1.82) is 0 Å². The molecule has 0 aliphatic heterocycles. The molecule has 0 saturated heterocycles. The van der Waals surface area contributed by atoms with Crippen LogP contribution in [0.1, 0.15) is 22.8 Å². The predicted molar refractivity (Wildman–Crippen MR) is 60.6 cm³/mol. The summed E-state index contributed by atoms with van der Waals surface area (Å²) in [6.45, 7) is 1.46. The molecule has 0 amide bonds. The summed E-state index contributed by atoms with van der Waals surface area (Å²) in [4.78, 5) is 22.4. The van der Waals surface area contributed by atoms with E-state index in [0.717, 1.165) is 0 Å². The van der Waals surface area contributed by atoms with Gasteiger partial charge in [0, 0.05) is 5.56 Å². The van der Waals surface area contributed by atoms with Crippen LogP contribution in [-0.2, 0) is 9.53 Å². The summed E-state index contributed by atoms with van der Waals surface area (Å²) in [6.07, 6.45) is 1.43. The summed E-state index contributed by atoms with van der Waals surface area (Å²) < 4.78 is 4.47. The maximum Gasteiger partial charge on any atom is 0.353 e. The molecule has 4 nitrogen and oxygen atoms in total. The number of ether oxygens (including phenoxy) is 1. The molecule has 0 heterocycles. The van der Waals surface area contributed by atoms with E-state index in [-0.39, 0.29) is 11.5 Å². The van der Waals surface area contributed by atoms with Crippen LogP contribution in [0.15, 0.2) is 30.0 Å². The van der Waals surface area contributed by atoms with Gasteiger partial charge in [-0.15, -0.1) is 0 Å². The van der Waals surface area contributed by atoms with Gasteiger partial charge in [0.05, 0.1) is 7.11 Å². The zero-order valence-electron chi connectivity index (χ0n) is 9.19. The zero-order chi connectivity index (χ0) is 12.1. The lowest BCUT2D eigenvalue weighted by atomic mass is 10.0. The first-order valence-electron chi connectivity index (χ1n) is 4.71. The highest BCUT2D eigenvalue weighted by atomic mass is 16.5. The Balaban J connectivity index is 3.14. The largest absolute Gasteiger partial charge is 0.464 e. The van der Waals surface area contributed by atoms with Gasteiger partial charge in [0.2, 0.25) is 0 Å². The average Bonchev–Trinajstić information content (AvgIpc) is 2.28.